The second-order valence-electron chi connectivity index (χ2n) is 0. The summed E-state index contributed by atoms with van der Waals surface area (Å²) in [5.41, 5.74) is 0. The van der Waals surface area contributed by atoms with Gasteiger partial charge in [0.25, 0.3) is 0 Å². The van der Waals surface area contributed by atoms with Crippen molar-refractivity contribution in [2.75, 3.05) is 0 Å². The fourth-order valence-corrected chi connectivity index (χ4v) is 0. The minimum absolute atomic E-state index is 0. The van der Waals surface area contributed by atoms with Crippen molar-refractivity contribution >= 4 is 23.9 Å². The van der Waals surface area contributed by atoms with E-state index in [4.69, 9.17) is 0 Å². The molecule has 4 nitrogen and oxygen atoms in total. The molecule has 5 heavy (non-hydrogen) atoms. The zero-order chi connectivity index (χ0) is 0. The van der Waals surface area contributed by atoms with E-state index < -0.39 is 0 Å². The average molecular weight is 191 g/mol. The summed E-state index contributed by atoms with van der Waals surface area (Å²) in [4.78, 5) is 0. The standard InChI is InChI=1S/4H2O.Sn/h4*1H2;. The maximum absolute atomic E-state index is 0. The van der Waals surface area contributed by atoms with E-state index in [1.54, 1.807) is 0 Å². The van der Waals surface area contributed by atoms with Gasteiger partial charge in [-0.3, -0.25) is 0 Å². The van der Waals surface area contributed by atoms with Crippen LogP contribution < -0.4 is 0 Å². The van der Waals surface area contributed by atoms with E-state index in [-0.39, 0.29) is 45.8 Å². The van der Waals surface area contributed by atoms with Crippen LogP contribution in [-0.4, -0.2) is 45.8 Å². The van der Waals surface area contributed by atoms with Gasteiger partial charge in [0.15, 0.2) is 0 Å². The zero-order valence-corrected chi connectivity index (χ0v) is 5.35. The Morgan fingerprint density at radius 3 is 0.400 bits per heavy atom. The Morgan fingerprint density at radius 2 is 0.400 bits per heavy atom. The van der Waals surface area contributed by atoms with Crippen LogP contribution in [0.4, 0.5) is 0 Å². The maximum Gasteiger partial charge on any atom is 0 e. The third-order valence-electron chi connectivity index (χ3n) is 0. The second-order valence-corrected chi connectivity index (χ2v) is 0. The molecule has 0 amide bonds. The van der Waals surface area contributed by atoms with Gasteiger partial charge in [0.1, 0.15) is 0 Å². The monoisotopic (exact) mass is 192 g/mol. The molecular formula is H8O4Sn. The largest absolute Gasteiger partial charge is 0.412 e. The SMILES string of the molecule is O.O.O.O.[Sn]. The van der Waals surface area contributed by atoms with Gasteiger partial charge in [0.05, 0.1) is 0 Å². The Bertz CT molecular complexity index is 3.61. The molecule has 0 atom stereocenters. The van der Waals surface area contributed by atoms with Crippen LogP contribution in [-0.2, 0) is 0 Å². The first-order valence-electron chi connectivity index (χ1n) is 0. The van der Waals surface area contributed by atoms with Crippen molar-refractivity contribution in [2.24, 2.45) is 0 Å². The molecule has 0 rings (SSSR count). The molecule has 0 heterocycles. The molecule has 0 unspecified atom stereocenters. The summed E-state index contributed by atoms with van der Waals surface area (Å²) in [6, 6.07) is 0. The fourth-order valence-electron chi connectivity index (χ4n) is 0. The van der Waals surface area contributed by atoms with Crippen molar-refractivity contribution in [3.63, 3.8) is 0 Å². The van der Waals surface area contributed by atoms with E-state index in [9.17, 15) is 0 Å². The Balaban J connectivity index is 0. The molecule has 0 saturated heterocycles. The molecule has 0 aromatic carbocycles. The summed E-state index contributed by atoms with van der Waals surface area (Å²) < 4.78 is 0. The molecule has 8 N–H and O–H groups in total. The van der Waals surface area contributed by atoms with Gasteiger partial charge < -0.3 is 21.9 Å². The molecule has 0 aliphatic rings. The van der Waals surface area contributed by atoms with Crippen LogP contribution >= 0.6 is 0 Å². The van der Waals surface area contributed by atoms with E-state index in [1.165, 1.54) is 0 Å². The van der Waals surface area contributed by atoms with Crippen LogP contribution in [0.15, 0.2) is 0 Å². The molecule has 0 spiro atoms. The Labute approximate surface area is 46.4 Å². The van der Waals surface area contributed by atoms with Gasteiger partial charge in [-0.15, -0.1) is 0 Å². The van der Waals surface area contributed by atoms with E-state index in [1.807, 2.05) is 0 Å². The van der Waals surface area contributed by atoms with Crippen molar-refractivity contribution in [3.05, 3.63) is 0 Å². The molecule has 0 fully saturated rings. The maximum atomic E-state index is 0. The van der Waals surface area contributed by atoms with E-state index in [0.717, 1.165) is 0 Å². The Kier molecular flexibility index (Phi) is 8960. The minimum Gasteiger partial charge on any atom is -0.412 e. The predicted octanol–water partition coefficient (Wildman–Crippen LogP) is -3.68. The first-order chi connectivity index (χ1) is 0. The van der Waals surface area contributed by atoms with Crippen LogP contribution in [0.5, 0.6) is 0 Å². The summed E-state index contributed by atoms with van der Waals surface area (Å²) in [7, 11) is 0. The summed E-state index contributed by atoms with van der Waals surface area (Å²) in [6.45, 7) is 0. The Hall–Kier alpha value is 0.639. The van der Waals surface area contributed by atoms with Crippen LogP contribution in [0.25, 0.3) is 0 Å². The van der Waals surface area contributed by atoms with Gasteiger partial charge in [0, 0.05) is 23.9 Å². The van der Waals surface area contributed by atoms with Gasteiger partial charge in [-0.05, 0) is 0 Å². The van der Waals surface area contributed by atoms with Gasteiger partial charge >= 0.3 is 0 Å². The van der Waals surface area contributed by atoms with Gasteiger partial charge in [-0.2, -0.15) is 0 Å². The molecule has 36 valence electrons. The van der Waals surface area contributed by atoms with E-state index in [2.05, 4.69) is 0 Å². The van der Waals surface area contributed by atoms with Crippen molar-refractivity contribution in [1.29, 1.82) is 0 Å². The average Bonchev–Trinajstić information content (AvgIpc) is 0. The quantitative estimate of drug-likeness (QED) is 0.349. The molecule has 0 saturated carbocycles. The third-order valence-corrected chi connectivity index (χ3v) is 0. The summed E-state index contributed by atoms with van der Waals surface area (Å²) in [5.74, 6) is 0. The summed E-state index contributed by atoms with van der Waals surface area (Å²) in [5, 5.41) is 0. The summed E-state index contributed by atoms with van der Waals surface area (Å²) in [6.07, 6.45) is 0. The Morgan fingerprint density at radius 1 is 0.400 bits per heavy atom. The van der Waals surface area contributed by atoms with Gasteiger partial charge in [0.2, 0.25) is 0 Å². The zero-order valence-electron chi connectivity index (χ0n) is 2.50. The van der Waals surface area contributed by atoms with Crippen LogP contribution in [0.1, 0.15) is 0 Å². The van der Waals surface area contributed by atoms with E-state index in [0.29, 0.717) is 0 Å². The van der Waals surface area contributed by atoms with Crippen molar-refractivity contribution in [1.82, 2.24) is 0 Å². The topological polar surface area (TPSA) is 126 Å². The van der Waals surface area contributed by atoms with Crippen molar-refractivity contribution in [3.8, 4) is 0 Å². The molecule has 0 aliphatic heterocycles. The van der Waals surface area contributed by atoms with Crippen LogP contribution in [0.2, 0.25) is 0 Å². The number of rotatable bonds is 0. The van der Waals surface area contributed by atoms with Crippen molar-refractivity contribution < 1.29 is 21.9 Å². The molecule has 0 aromatic heterocycles. The van der Waals surface area contributed by atoms with Gasteiger partial charge in [-0.1, -0.05) is 0 Å². The third kappa shape index (κ3) is 79.2. The van der Waals surface area contributed by atoms with Crippen LogP contribution in [0.3, 0.4) is 0 Å². The first-order valence-corrected chi connectivity index (χ1v) is 0. The minimum atomic E-state index is 0. The molecule has 0 bridgehead atoms. The van der Waals surface area contributed by atoms with Crippen LogP contribution in [0, 0.1) is 0 Å². The molecule has 0 aliphatic carbocycles. The smallest absolute Gasteiger partial charge is 0 e. The molecular weight excluding hydrogens is 183 g/mol. The predicted molar refractivity (Wildman–Crippen MR) is 20.2 cm³/mol. The summed E-state index contributed by atoms with van der Waals surface area (Å²) >= 11 is 0. The molecule has 5 heteroatoms. The first kappa shape index (κ1) is 297. The number of hydrogen-bond acceptors (Lipinski definition) is 0. The normalized spacial score (nSPS) is 0. The molecule has 4 radical (unpaired) electrons. The van der Waals surface area contributed by atoms with Crippen molar-refractivity contribution in [2.45, 2.75) is 0 Å². The second kappa shape index (κ2) is 151. The fraction of sp³-hybridized carbons (Fsp3) is 0. The molecule has 0 aromatic rings. The number of hydrogen-bond donors (Lipinski definition) is 0. The van der Waals surface area contributed by atoms with Gasteiger partial charge in [-0.25, -0.2) is 0 Å². The van der Waals surface area contributed by atoms with E-state index >= 15 is 0 Å².